The zero-order valence-electron chi connectivity index (χ0n) is 10.2. The van der Waals surface area contributed by atoms with E-state index in [1.807, 2.05) is 0 Å². The molecule has 0 aliphatic rings. The van der Waals surface area contributed by atoms with Gasteiger partial charge in [-0.2, -0.15) is 0 Å². The van der Waals surface area contributed by atoms with E-state index >= 15 is 0 Å². The molecule has 0 bridgehead atoms. The van der Waals surface area contributed by atoms with E-state index in [0.29, 0.717) is 0 Å². The van der Waals surface area contributed by atoms with E-state index in [4.69, 9.17) is 11.5 Å². The third-order valence-electron chi connectivity index (χ3n) is 1.80. The lowest BCUT2D eigenvalue weighted by atomic mass is 10.3. The fraction of sp³-hybridized carbons (Fsp3) is 0.556. The number of carbonyl (C=O) groups is 4. The maximum atomic E-state index is 11.2. The Kier molecular flexibility index (Phi) is 8.66. The monoisotopic (exact) mass is 273 g/mol. The Morgan fingerprint density at radius 3 is 1.63 bits per heavy atom. The van der Waals surface area contributed by atoms with Crippen LogP contribution in [0, 0.1) is 0 Å². The van der Waals surface area contributed by atoms with Crippen molar-refractivity contribution in [1.82, 2.24) is 27.0 Å². The van der Waals surface area contributed by atoms with Gasteiger partial charge in [0.1, 0.15) is 12.8 Å². The van der Waals surface area contributed by atoms with Crippen molar-refractivity contribution in [1.29, 1.82) is 0 Å². The number of hydrogen-bond donors (Lipinski definition) is 5. The summed E-state index contributed by atoms with van der Waals surface area (Å²) in [6, 6.07) is 0. The Labute approximate surface area is 109 Å². The van der Waals surface area contributed by atoms with Crippen LogP contribution in [-0.4, -0.2) is 43.6 Å². The van der Waals surface area contributed by atoms with Gasteiger partial charge in [-0.3, -0.25) is 19.2 Å². The zero-order valence-corrected chi connectivity index (χ0v) is 10.2. The molecule has 0 saturated heterocycles. The van der Waals surface area contributed by atoms with E-state index in [0.717, 1.165) is 0 Å². The lowest BCUT2D eigenvalue weighted by Gasteiger charge is -2.07. The van der Waals surface area contributed by atoms with Crippen LogP contribution in [0.2, 0.25) is 0 Å². The topological polar surface area (TPSA) is 166 Å². The van der Waals surface area contributed by atoms with E-state index in [1.54, 1.807) is 0 Å². The molecule has 0 rings (SSSR count). The van der Waals surface area contributed by atoms with Gasteiger partial charge in [0.15, 0.2) is 0 Å². The van der Waals surface area contributed by atoms with E-state index in [1.165, 1.54) is 0 Å². The van der Waals surface area contributed by atoms with Crippen molar-refractivity contribution in [2.24, 2.45) is 5.73 Å². The Hall–Kier alpha value is -2.20. The molecule has 10 nitrogen and oxygen atoms in total. The van der Waals surface area contributed by atoms with Gasteiger partial charge in [-0.25, -0.2) is 5.73 Å². The summed E-state index contributed by atoms with van der Waals surface area (Å²) in [6.07, 6.45) is -0.825. The summed E-state index contributed by atoms with van der Waals surface area (Å²) < 4.78 is 0. The van der Waals surface area contributed by atoms with Crippen molar-refractivity contribution in [2.75, 3.05) is 20.0 Å². The van der Waals surface area contributed by atoms with Gasteiger partial charge in [0, 0.05) is 0 Å². The fourth-order valence-electron chi connectivity index (χ4n) is 0.995. The second-order valence-electron chi connectivity index (χ2n) is 3.31. The summed E-state index contributed by atoms with van der Waals surface area (Å²) in [5.41, 5.74) is 11.7. The van der Waals surface area contributed by atoms with Crippen LogP contribution in [0.15, 0.2) is 0 Å². The summed E-state index contributed by atoms with van der Waals surface area (Å²) in [6.45, 7) is -0.561. The SMILES string of the molecule is [NH]CNC(=O)CC(=O)NCNC(=O)CC(=O)NCN. The Balaban J connectivity index is 3.72. The minimum atomic E-state index is -0.599. The zero-order chi connectivity index (χ0) is 14.7. The Bertz CT molecular complexity index is 314. The predicted molar refractivity (Wildman–Crippen MR) is 63.7 cm³/mol. The molecule has 1 radical (unpaired) electrons. The van der Waals surface area contributed by atoms with E-state index in [2.05, 4.69) is 21.3 Å². The molecule has 0 unspecified atom stereocenters. The molecule has 0 aliphatic carbocycles. The largest absolute Gasteiger partial charge is 0.343 e. The molecule has 19 heavy (non-hydrogen) atoms. The molecule has 107 valence electrons. The highest BCUT2D eigenvalue weighted by Crippen LogP contribution is 1.81. The van der Waals surface area contributed by atoms with Crippen LogP contribution in [0.3, 0.4) is 0 Å². The molecular weight excluding hydrogens is 256 g/mol. The van der Waals surface area contributed by atoms with Crippen LogP contribution in [0.1, 0.15) is 12.8 Å². The summed E-state index contributed by atoms with van der Waals surface area (Å²) in [7, 11) is 0. The van der Waals surface area contributed by atoms with Crippen LogP contribution in [0.4, 0.5) is 0 Å². The molecule has 0 saturated carbocycles. The molecule has 0 aromatic carbocycles. The molecule has 0 aromatic heterocycles. The smallest absolute Gasteiger partial charge is 0.230 e. The summed E-state index contributed by atoms with van der Waals surface area (Å²) in [5.74, 6) is -2.29. The Morgan fingerprint density at radius 2 is 1.21 bits per heavy atom. The summed E-state index contributed by atoms with van der Waals surface area (Å²) in [4.78, 5) is 44.2. The first-order valence-electron chi connectivity index (χ1n) is 5.41. The third-order valence-corrected chi connectivity index (χ3v) is 1.80. The van der Waals surface area contributed by atoms with E-state index in [-0.39, 0.29) is 20.0 Å². The van der Waals surface area contributed by atoms with Gasteiger partial charge in [0.2, 0.25) is 23.6 Å². The predicted octanol–water partition coefficient (Wildman–Crippen LogP) is -3.65. The highest BCUT2D eigenvalue weighted by atomic mass is 16.2. The number of nitrogens with one attached hydrogen (secondary N) is 5. The molecular formula is C9H17N6O4. The fourth-order valence-corrected chi connectivity index (χ4v) is 0.995. The van der Waals surface area contributed by atoms with Gasteiger partial charge in [-0.15, -0.1) is 0 Å². The van der Waals surface area contributed by atoms with Gasteiger partial charge in [0.25, 0.3) is 0 Å². The third kappa shape index (κ3) is 9.50. The minimum absolute atomic E-state index is 0.0615. The maximum Gasteiger partial charge on any atom is 0.230 e. The van der Waals surface area contributed by atoms with Crippen LogP contribution >= 0.6 is 0 Å². The van der Waals surface area contributed by atoms with Crippen molar-refractivity contribution in [3.05, 3.63) is 0 Å². The van der Waals surface area contributed by atoms with E-state index in [9.17, 15) is 19.2 Å². The van der Waals surface area contributed by atoms with Crippen LogP contribution < -0.4 is 32.7 Å². The van der Waals surface area contributed by atoms with E-state index < -0.39 is 36.5 Å². The van der Waals surface area contributed by atoms with Gasteiger partial charge < -0.3 is 27.0 Å². The second-order valence-corrected chi connectivity index (χ2v) is 3.31. The van der Waals surface area contributed by atoms with Crippen molar-refractivity contribution in [3.8, 4) is 0 Å². The first-order chi connectivity index (χ1) is 8.99. The quantitative estimate of drug-likeness (QED) is 0.227. The van der Waals surface area contributed by atoms with Crippen molar-refractivity contribution in [2.45, 2.75) is 12.8 Å². The molecule has 7 N–H and O–H groups in total. The number of nitrogens with two attached hydrogens (primary N) is 1. The van der Waals surface area contributed by atoms with Crippen molar-refractivity contribution < 1.29 is 19.2 Å². The van der Waals surface area contributed by atoms with Crippen molar-refractivity contribution >= 4 is 23.6 Å². The molecule has 10 heteroatoms. The number of carbonyl (C=O) groups excluding carboxylic acids is 4. The molecule has 0 aromatic rings. The summed E-state index contributed by atoms with van der Waals surface area (Å²) >= 11 is 0. The first-order valence-corrected chi connectivity index (χ1v) is 5.41. The normalized spacial score (nSPS) is 9.37. The number of rotatable bonds is 8. The lowest BCUT2D eigenvalue weighted by Crippen LogP contribution is -2.41. The molecule has 0 fully saturated rings. The lowest BCUT2D eigenvalue weighted by molar-refractivity contribution is -0.129. The molecule has 4 amide bonds. The van der Waals surface area contributed by atoms with Gasteiger partial charge in [-0.1, -0.05) is 0 Å². The number of hydrogen-bond acceptors (Lipinski definition) is 5. The molecule has 0 atom stereocenters. The molecule has 0 aliphatic heterocycles. The van der Waals surface area contributed by atoms with Crippen LogP contribution in [0.25, 0.3) is 0 Å². The average molecular weight is 273 g/mol. The molecule has 0 spiro atoms. The van der Waals surface area contributed by atoms with Crippen molar-refractivity contribution in [3.63, 3.8) is 0 Å². The summed E-state index contributed by atoms with van der Waals surface area (Å²) in [5, 5.41) is 8.89. The standard InChI is InChI=1S/C9H17N6O4/c10-3-12-6(16)1-8(18)14-5-15-9(19)2-7(17)13-4-11/h10H,1-5,11H2,(H,12,16)(H,13,17)(H,14,18)(H,15,19). The van der Waals surface area contributed by atoms with Gasteiger partial charge >= 0.3 is 0 Å². The van der Waals surface area contributed by atoms with Crippen LogP contribution in [-0.2, 0) is 19.2 Å². The Morgan fingerprint density at radius 1 is 0.789 bits per heavy atom. The van der Waals surface area contributed by atoms with Gasteiger partial charge in [0.05, 0.1) is 20.0 Å². The van der Waals surface area contributed by atoms with Gasteiger partial charge in [-0.05, 0) is 0 Å². The molecule has 0 heterocycles. The maximum absolute atomic E-state index is 11.2. The first kappa shape index (κ1) is 16.8. The minimum Gasteiger partial charge on any atom is -0.343 e. The highest BCUT2D eigenvalue weighted by molar-refractivity contribution is 5.98. The van der Waals surface area contributed by atoms with Crippen LogP contribution in [0.5, 0.6) is 0 Å². The highest BCUT2D eigenvalue weighted by Gasteiger charge is 2.10. The number of amides is 4. The second kappa shape index (κ2) is 9.79. The average Bonchev–Trinajstić information content (AvgIpc) is 2.28.